The van der Waals surface area contributed by atoms with Crippen LogP contribution in [0.25, 0.3) is 0 Å². The Morgan fingerprint density at radius 3 is 2.70 bits per heavy atom. The maximum atomic E-state index is 12.1. The number of rotatable bonds is 4. The first-order chi connectivity index (χ1) is 9.61. The van der Waals surface area contributed by atoms with Crippen molar-refractivity contribution in [3.05, 3.63) is 28.8 Å². The van der Waals surface area contributed by atoms with E-state index in [0.29, 0.717) is 23.9 Å². The Labute approximate surface area is 132 Å². The Kier molecular flexibility index (Phi) is 5.73. The van der Waals surface area contributed by atoms with Crippen molar-refractivity contribution in [3.8, 4) is 5.75 Å². The van der Waals surface area contributed by atoms with Crippen molar-refractivity contribution < 1.29 is 9.90 Å². The van der Waals surface area contributed by atoms with Crippen molar-refractivity contribution >= 4 is 33.4 Å². The quantitative estimate of drug-likeness (QED) is 0.798. The van der Waals surface area contributed by atoms with Crippen LogP contribution >= 0.6 is 27.5 Å². The van der Waals surface area contributed by atoms with Crippen molar-refractivity contribution in [2.24, 2.45) is 11.8 Å². The molecule has 1 aliphatic rings. The largest absolute Gasteiger partial charge is 0.506 e. The highest BCUT2D eigenvalue weighted by Crippen LogP contribution is 2.31. The van der Waals surface area contributed by atoms with Gasteiger partial charge in [-0.05, 0) is 42.9 Å². The van der Waals surface area contributed by atoms with Gasteiger partial charge in [-0.15, -0.1) is 0 Å². The molecular weight excluding hydrogens is 342 g/mol. The van der Waals surface area contributed by atoms with Gasteiger partial charge in [-0.25, -0.2) is 0 Å². The van der Waals surface area contributed by atoms with Gasteiger partial charge in [0.25, 0.3) is 5.91 Å². The minimum atomic E-state index is -0.134. The van der Waals surface area contributed by atoms with Gasteiger partial charge in [0.15, 0.2) is 0 Å². The second kappa shape index (κ2) is 7.32. The monoisotopic (exact) mass is 359 g/mol. The van der Waals surface area contributed by atoms with Gasteiger partial charge < -0.3 is 10.4 Å². The number of aromatic hydroxyl groups is 1. The van der Waals surface area contributed by atoms with Crippen LogP contribution < -0.4 is 5.32 Å². The van der Waals surface area contributed by atoms with Gasteiger partial charge in [-0.1, -0.05) is 40.4 Å². The van der Waals surface area contributed by atoms with Crippen LogP contribution in [0.2, 0.25) is 5.02 Å². The zero-order valence-electron chi connectivity index (χ0n) is 11.2. The smallest absolute Gasteiger partial charge is 0.251 e. The van der Waals surface area contributed by atoms with Crippen LogP contribution in [-0.2, 0) is 0 Å². The molecule has 1 fully saturated rings. The van der Waals surface area contributed by atoms with E-state index in [9.17, 15) is 9.90 Å². The van der Waals surface area contributed by atoms with E-state index in [0.717, 1.165) is 5.33 Å². The van der Waals surface area contributed by atoms with Crippen LogP contribution in [0, 0.1) is 11.8 Å². The Morgan fingerprint density at radius 2 is 2.05 bits per heavy atom. The normalized spacial score (nSPS) is 22.5. The minimum Gasteiger partial charge on any atom is -0.506 e. The number of alkyl halides is 1. The molecule has 1 amide bonds. The van der Waals surface area contributed by atoms with Gasteiger partial charge >= 0.3 is 0 Å². The van der Waals surface area contributed by atoms with E-state index < -0.39 is 0 Å². The highest BCUT2D eigenvalue weighted by molar-refractivity contribution is 9.09. The Balaban J connectivity index is 1.92. The van der Waals surface area contributed by atoms with Gasteiger partial charge in [0.2, 0.25) is 0 Å². The molecule has 1 aromatic rings. The Bertz CT molecular complexity index is 481. The molecule has 2 N–H and O–H groups in total. The number of hydrogen-bond donors (Lipinski definition) is 2. The third-order valence-electron chi connectivity index (χ3n) is 4.00. The van der Waals surface area contributed by atoms with Crippen LogP contribution in [-0.4, -0.2) is 22.9 Å². The maximum absolute atomic E-state index is 12.1. The lowest BCUT2D eigenvalue weighted by Gasteiger charge is -2.30. The van der Waals surface area contributed by atoms with Crippen LogP contribution in [0.4, 0.5) is 0 Å². The van der Waals surface area contributed by atoms with Crippen LogP contribution in [0.3, 0.4) is 0 Å². The summed E-state index contributed by atoms with van der Waals surface area (Å²) in [7, 11) is 0. The van der Waals surface area contributed by atoms with Crippen molar-refractivity contribution in [3.63, 3.8) is 0 Å². The van der Waals surface area contributed by atoms with Crippen molar-refractivity contribution in [2.45, 2.75) is 25.7 Å². The molecule has 110 valence electrons. The van der Waals surface area contributed by atoms with E-state index in [4.69, 9.17) is 11.6 Å². The first-order valence-electron chi connectivity index (χ1n) is 6.94. The predicted octanol–water partition coefficient (Wildman–Crippen LogP) is 3.98. The topological polar surface area (TPSA) is 49.3 Å². The summed E-state index contributed by atoms with van der Waals surface area (Å²) in [4.78, 5) is 12.1. The van der Waals surface area contributed by atoms with Crippen LogP contribution in [0.1, 0.15) is 36.0 Å². The summed E-state index contributed by atoms with van der Waals surface area (Å²) in [6.07, 6.45) is 4.94. The second-order valence-corrected chi connectivity index (χ2v) is 6.39. The maximum Gasteiger partial charge on any atom is 0.251 e. The first kappa shape index (κ1) is 15.6. The molecule has 2 unspecified atom stereocenters. The van der Waals surface area contributed by atoms with E-state index in [1.165, 1.54) is 37.8 Å². The van der Waals surface area contributed by atoms with Gasteiger partial charge in [0.1, 0.15) is 5.75 Å². The van der Waals surface area contributed by atoms with Gasteiger partial charge in [0.05, 0.1) is 5.02 Å². The summed E-state index contributed by atoms with van der Waals surface area (Å²) in [5, 5.41) is 13.5. The lowest BCUT2D eigenvalue weighted by atomic mass is 9.80. The van der Waals surface area contributed by atoms with Gasteiger partial charge in [-0.2, -0.15) is 0 Å². The molecule has 0 bridgehead atoms. The predicted molar refractivity (Wildman–Crippen MR) is 84.7 cm³/mol. The Hall–Kier alpha value is -0.740. The van der Waals surface area contributed by atoms with E-state index in [1.807, 2.05) is 0 Å². The summed E-state index contributed by atoms with van der Waals surface area (Å²) in [6, 6.07) is 4.52. The third-order valence-corrected chi connectivity index (χ3v) is 5.13. The summed E-state index contributed by atoms with van der Waals surface area (Å²) >= 11 is 9.38. The highest BCUT2D eigenvalue weighted by Gasteiger charge is 2.24. The van der Waals surface area contributed by atoms with E-state index in [1.54, 1.807) is 6.07 Å². The molecule has 0 radical (unpaired) electrons. The molecule has 2 atom stereocenters. The lowest BCUT2D eigenvalue weighted by molar-refractivity contribution is 0.0937. The SMILES string of the molecule is O=C(NCC1CCCCC1CBr)c1ccc(O)c(Cl)c1. The van der Waals surface area contributed by atoms with Gasteiger partial charge in [0, 0.05) is 17.4 Å². The number of phenols is 1. The second-order valence-electron chi connectivity index (χ2n) is 5.34. The molecule has 2 rings (SSSR count). The number of carbonyl (C=O) groups is 1. The van der Waals surface area contributed by atoms with Crippen LogP contribution in [0.15, 0.2) is 18.2 Å². The molecule has 20 heavy (non-hydrogen) atoms. The average molecular weight is 361 g/mol. The molecule has 0 saturated heterocycles. The lowest BCUT2D eigenvalue weighted by Crippen LogP contribution is -2.34. The average Bonchev–Trinajstić information content (AvgIpc) is 2.47. The number of carbonyl (C=O) groups excluding carboxylic acids is 1. The van der Waals surface area contributed by atoms with E-state index >= 15 is 0 Å². The number of benzene rings is 1. The van der Waals surface area contributed by atoms with E-state index in [2.05, 4.69) is 21.2 Å². The number of nitrogens with one attached hydrogen (secondary N) is 1. The fraction of sp³-hybridized carbons (Fsp3) is 0.533. The fourth-order valence-electron chi connectivity index (χ4n) is 2.73. The minimum absolute atomic E-state index is 0.00477. The van der Waals surface area contributed by atoms with Crippen molar-refractivity contribution in [2.75, 3.05) is 11.9 Å². The third kappa shape index (κ3) is 3.89. The molecule has 0 aliphatic heterocycles. The standard InChI is InChI=1S/C15H19BrClNO2/c16-8-11-3-1-2-4-12(11)9-18-15(20)10-5-6-14(19)13(17)7-10/h5-7,11-12,19H,1-4,8-9H2,(H,18,20). The summed E-state index contributed by atoms with van der Waals surface area (Å²) in [5.74, 6) is 1.05. The number of halogens is 2. The highest BCUT2D eigenvalue weighted by atomic mass is 79.9. The molecule has 1 aromatic carbocycles. The molecule has 1 aliphatic carbocycles. The number of phenolic OH excluding ortho intramolecular Hbond substituents is 1. The number of hydrogen-bond acceptors (Lipinski definition) is 2. The molecule has 1 saturated carbocycles. The molecule has 3 nitrogen and oxygen atoms in total. The first-order valence-corrected chi connectivity index (χ1v) is 8.44. The van der Waals surface area contributed by atoms with Crippen molar-refractivity contribution in [1.29, 1.82) is 0 Å². The Morgan fingerprint density at radius 1 is 1.35 bits per heavy atom. The molecular formula is C15H19BrClNO2. The molecule has 0 spiro atoms. The number of amides is 1. The summed E-state index contributed by atoms with van der Waals surface area (Å²) < 4.78 is 0. The molecule has 5 heteroatoms. The van der Waals surface area contributed by atoms with E-state index in [-0.39, 0.29) is 16.7 Å². The zero-order chi connectivity index (χ0) is 14.5. The summed E-state index contributed by atoms with van der Waals surface area (Å²) in [5.41, 5.74) is 0.485. The van der Waals surface area contributed by atoms with Crippen molar-refractivity contribution in [1.82, 2.24) is 5.32 Å². The van der Waals surface area contributed by atoms with Gasteiger partial charge in [-0.3, -0.25) is 4.79 Å². The van der Waals surface area contributed by atoms with Crippen LogP contribution in [0.5, 0.6) is 5.75 Å². The molecule has 0 heterocycles. The fourth-order valence-corrected chi connectivity index (χ4v) is 3.76. The zero-order valence-corrected chi connectivity index (χ0v) is 13.6. The molecule has 0 aromatic heterocycles. The summed E-state index contributed by atoms with van der Waals surface area (Å²) in [6.45, 7) is 0.702.